The third-order valence-electron chi connectivity index (χ3n) is 4.91. The average Bonchev–Trinajstić information content (AvgIpc) is 2.82. The molecule has 0 saturated carbocycles. The number of amides is 1. The number of piperidine rings is 1. The van der Waals surface area contributed by atoms with E-state index in [0.29, 0.717) is 12.6 Å². The van der Waals surface area contributed by atoms with Gasteiger partial charge in [0.05, 0.1) is 12.1 Å². The van der Waals surface area contributed by atoms with Gasteiger partial charge >= 0.3 is 6.09 Å². The highest BCUT2D eigenvalue weighted by atomic mass is 16.6. The molecular weight excluding hydrogens is 292 g/mol. The van der Waals surface area contributed by atoms with Crippen molar-refractivity contribution in [2.24, 2.45) is 0 Å². The number of carbonyl (C=O) groups excluding carboxylic acids is 1. The van der Waals surface area contributed by atoms with Crippen LogP contribution in [-0.4, -0.2) is 66.4 Å². The van der Waals surface area contributed by atoms with Gasteiger partial charge in [-0.15, -0.1) is 0 Å². The summed E-state index contributed by atoms with van der Waals surface area (Å²) in [4.78, 5) is 16.4. The minimum absolute atomic E-state index is 0.225. The molecule has 0 radical (unpaired) electrons. The lowest BCUT2D eigenvalue weighted by atomic mass is 10.0. The molecule has 0 aromatic rings. The predicted octanol–water partition coefficient (Wildman–Crippen LogP) is 3.28. The van der Waals surface area contributed by atoms with E-state index in [-0.39, 0.29) is 11.7 Å². The van der Waals surface area contributed by atoms with Crippen molar-refractivity contribution in [3.63, 3.8) is 0 Å². The van der Waals surface area contributed by atoms with Gasteiger partial charge in [-0.1, -0.05) is 6.42 Å². The molecule has 134 valence electrons. The molecule has 0 spiro atoms. The standard InChI is InChI=1S/C18H34N2O3/c1-17(2,3)23-16(21)20-12-10-18(4,14-20)22-13-9-15-8-6-7-11-19(15)5/h15H,6-14H2,1-5H3. The average molecular weight is 326 g/mol. The van der Waals surface area contributed by atoms with E-state index in [1.165, 1.54) is 25.8 Å². The van der Waals surface area contributed by atoms with Crippen molar-refractivity contribution < 1.29 is 14.3 Å². The number of hydrogen-bond acceptors (Lipinski definition) is 4. The highest BCUT2D eigenvalue weighted by molar-refractivity contribution is 5.68. The maximum absolute atomic E-state index is 12.2. The Hall–Kier alpha value is -0.810. The Bertz CT molecular complexity index is 408. The Morgan fingerprint density at radius 2 is 2.00 bits per heavy atom. The lowest BCUT2D eigenvalue weighted by Gasteiger charge is -2.33. The monoisotopic (exact) mass is 326 g/mol. The van der Waals surface area contributed by atoms with Crippen LogP contribution in [0.15, 0.2) is 0 Å². The molecule has 0 aromatic carbocycles. The van der Waals surface area contributed by atoms with Crippen LogP contribution in [0.2, 0.25) is 0 Å². The number of nitrogens with zero attached hydrogens (tertiary/aromatic N) is 2. The Balaban J connectivity index is 1.74. The summed E-state index contributed by atoms with van der Waals surface area (Å²) in [6, 6.07) is 0.649. The number of carbonyl (C=O) groups is 1. The van der Waals surface area contributed by atoms with Crippen LogP contribution in [0.1, 0.15) is 59.8 Å². The van der Waals surface area contributed by atoms with Gasteiger partial charge in [-0.2, -0.15) is 0 Å². The van der Waals surface area contributed by atoms with Crippen LogP contribution in [0, 0.1) is 0 Å². The quantitative estimate of drug-likeness (QED) is 0.795. The lowest BCUT2D eigenvalue weighted by Crippen LogP contribution is -2.40. The van der Waals surface area contributed by atoms with Crippen molar-refractivity contribution in [1.82, 2.24) is 9.80 Å². The van der Waals surface area contributed by atoms with Crippen LogP contribution >= 0.6 is 0 Å². The molecule has 0 bridgehead atoms. The summed E-state index contributed by atoms with van der Waals surface area (Å²) in [6.07, 6.45) is 5.66. The van der Waals surface area contributed by atoms with E-state index in [2.05, 4.69) is 18.9 Å². The molecule has 23 heavy (non-hydrogen) atoms. The van der Waals surface area contributed by atoms with Gasteiger partial charge in [-0.3, -0.25) is 0 Å². The first-order chi connectivity index (χ1) is 10.7. The van der Waals surface area contributed by atoms with Gasteiger partial charge < -0.3 is 19.3 Å². The van der Waals surface area contributed by atoms with E-state index >= 15 is 0 Å². The van der Waals surface area contributed by atoms with Crippen LogP contribution in [0.3, 0.4) is 0 Å². The molecule has 2 saturated heterocycles. The van der Waals surface area contributed by atoms with E-state index in [4.69, 9.17) is 9.47 Å². The SMILES string of the molecule is CN1CCCCC1CCOC1(C)CCN(C(=O)OC(C)(C)C)C1. The third kappa shape index (κ3) is 5.64. The summed E-state index contributed by atoms with van der Waals surface area (Å²) in [5.41, 5.74) is -0.674. The largest absolute Gasteiger partial charge is 0.444 e. The summed E-state index contributed by atoms with van der Waals surface area (Å²) >= 11 is 0. The van der Waals surface area contributed by atoms with Crippen molar-refractivity contribution in [2.45, 2.75) is 77.0 Å². The van der Waals surface area contributed by atoms with E-state index in [9.17, 15) is 4.79 Å². The number of rotatable bonds is 4. The molecule has 2 aliphatic heterocycles. The predicted molar refractivity (Wildman–Crippen MR) is 91.7 cm³/mol. The first kappa shape index (κ1) is 18.5. The molecule has 5 nitrogen and oxygen atoms in total. The van der Waals surface area contributed by atoms with Crippen LogP contribution in [0.5, 0.6) is 0 Å². The molecule has 1 amide bonds. The summed E-state index contributed by atoms with van der Waals surface area (Å²) in [6.45, 7) is 11.1. The minimum atomic E-state index is -0.442. The van der Waals surface area contributed by atoms with Gasteiger partial charge in [0.1, 0.15) is 5.60 Å². The molecular formula is C18H34N2O3. The van der Waals surface area contributed by atoms with Crippen molar-refractivity contribution in [3.8, 4) is 0 Å². The second kappa shape index (κ2) is 7.39. The van der Waals surface area contributed by atoms with Crippen molar-refractivity contribution >= 4 is 6.09 Å². The minimum Gasteiger partial charge on any atom is -0.444 e. The Labute approximate surface area is 141 Å². The van der Waals surface area contributed by atoms with Crippen LogP contribution in [-0.2, 0) is 9.47 Å². The van der Waals surface area contributed by atoms with E-state index in [1.54, 1.807) is 4.90 Å². The van der Waals surface area contributed by atoms with E-state index in [1.807, 2.05) is 20.8 Å². The van der Waals surface area contributed by atoms with Gasteiger partial charge in [0, 0.05) is 19.2 Å². The van der Waals surface area contributed by atoms with Gasteiger partial charge in [-0.25, -0.2) is 4.79 Å². The maximum atomic E-state index is 12.2. The Morgan fingerprint density at radius 3 is 2.65 bits per heavy atom. The maximum Gasteiger partial charge on any atom is 0.410 e. The molecule has 5 heteroatoms. The van der Waals surface area contributed by atoms with Crippen molar-refractivity contribution in [2.75, 3.05) is 33.3 Å². The molecule has 0 aliphatic carbocycles. The molecule has 0 N–H and O–H groups in total. The fourth-order valence-electron chi connectivity index (χ4n) is 3.48. The second-order valence-corrected chi connectivity index (χ2v) is 8.37. The fourth-order valence-corrected chi connectivity index (χ4v) is 3.48. The lowest BCUT2D eigenvalue weighted by molar-refractivity contribution is -0.0357. The molecule has 2 rings (SSSR count). The van der Waals surface area contributed by atoms with Crippen molar-refractivity contribution in [3.05, 3.63) is 0 Å². The zero-order chi connectivity index (χ0) is 17.1. The topological polar surface area (TPSA) is 42.0 Å². The van der Waals surface area contributed by atoms with Crippen LogP contribution < -0.4 is 0 Å². The first-order valence-corrected chi connectivity index (χ1v) is 9.01. The van der Waals surface area contributed by atoms with Crippen LogP contribution in [0.25, 0.3) is 0 Å². The molecule has 2 atom stereocenters. The molecule has 0 aromatic heterocycles. The normalized spacial score (nSPS) is 29.8. The van der Waals surface area contributed by atoms with E-state index in [0.717, 1.165) is 26.0 Å². The highest BCUT2D eigenvalue weighted by Gasteiger charge is 2.38. The highest BCUT2D eigenvalue weighted by Crippen LogP contribution is 2.27. The van der Waals surface area contributed by atoms with Gasteiger partial charge in [0.25, 0.3) is 0 Å². The molecule has 2 unspecified atom stereocenters. The Morgan fingerprint density at radius 1 is 1.26 bits per heavy atom. The van der Waals surface area contributed by atoms with Crippen LogP contribution in [0.4, 0.5) is 4.79 Å². The van der Waals surface area contributed by atoms with E-state index < -0.39 is 5.60 Å². The van der Waals surface area contributed by atoms with Gasteiger partial charge in [-0.05, 0) is 67.0 Å². The smallest absolute Gasteiger partial charge is 0.410 e. The Kier molecular flexibility index (Phi) is 5.95. The second-order valence-electron chi connectivity index (χ2n) is 8.37. The number of hydrogen-bond donors (Lipinski definition) is 0. The first-order valence-electron chi connectivity index (χ1n) is 9.01. The third-order valence-corrected chi connectivity index (χ3v) is 4.91. The molecule has 2 heterocycles. The molecule has 2 fully saturated rings. The molecule has 2 aliphatic rings. The summed E-state index contributed by atoms with van der Waals surface area (Å²) in [7, 11) is 2.21. The van der Waals surface area contributed by atoms with Crippen molar-refractivity contribution in [1.29, 1.82) is 0 Å². The fraction of sp³-hybridized carbons (Fsp3) is 0.944. The summed E-state index contributed by atoms with van der Waals surface area (Å²) < 4.78 is 11.6. The number of ether oxygens (including phenoxy) is 2. The van der Waals surface area contributed by atoms with Gasteiger partial charge in [0.15, 0.2) is 0 Å². The zero-order valence-electron chi connectivity index (χ0n) is 15.6. The number of likely N-dealkylation sites (tertiary alicyclic amines) is 2. The summed E-state index contributed by atoms with van der Waals surface area (Å²) in [5, 5.41) is 0. The summed E-state index contributed by atoms with van der Waals surface area (Å²) in [5.74, 6) is 0. The van der Waals surface area contributed by atoms with Gasteiger partial charge in [0.2, 0.25) is 0 Å². The zero-order valence-corrected chi connectivity index (χ0v) is 15.6.